The molecule has 0 amide bonds. The van der Waals surface area contributed by atoms with E-state index in [9.17, 15) is 0 Å². The Labute approximate surface area is 226 Å². The van der Waals surface area contributed by atoms with Crippen LogP contribution in [0.2, 0.25) is 0 Å². The molecule has 38 heavy (non-hydrogen) atoms. The van der Waals surface area contributed by atoms with Gasteiger partial charge in [0.25, 0.3) is 0 Å². The van der Waals surface area contributed by atoms with Gasteiger partial charge in [-0.1, -0.05) is 6.07 Å². The first-order chi connectivity index (χ1) is 18.5. The molecule has 0 aliphatic carbocycles. The average Bonchev–Trinajstić information content (AvgIpc) is 3.35. The first-order valence-electron chi connectivity index (χ1n) is 11.9. The molecule has 0 aliphatic heterocycles. The average molecular weight is 540 g/mol. The van der Waals surface area contributed by atoms with Crippen LogP contribution < -0.4 is 14.2 Å². The fraction of sp³-hybridized carbons (Fsp3) is 0.346. The van der Waals surface area contributed by atoms with Crippen LogP contribution in [0.25, 0.3) is 17.1 Å². The minimum Gasteiger partial charge on any atom is -0.494 e. The summed E-state index contributed by atoms with van der Waals surface area (Å²) >= 11 is 1.50. The van der Waals surface area contributed by atoms with Gasteiger partial charge in [0, 0.05) is 49.6 Å². The molecule has 4 rings (SSSR count). The molecule has 0 saturated heterocycles. The third kappa shape index (κ3) is 7.63. The molecule has 0 bridgehead atoms. The van der Waals surface area contributed by atoms with E-state index in [1.54, 1.807) is 33.7 Å². The fourth-order valence-electron chi connectivity index (χ4n) is 3.38. The van der Waals surface area contributed by atoms with Crippen LogP contribution in [-0.2, 0) is 11.2 Å². The monoisotopic (exact) mass is 539 g/mol. The molecule has 0 unspecified atom stereocenters. The largest absolute Gasteiger partial charge is 0.494 e. The summed E-state index contributed by atoms with van der Waals surface area (Å²) in [5.74, 6) is 3.99. The van der Waals surface area contributed by atoms with Crippen molar-refractivity contribution in [2.75, 3.05) is 45.0 Å². The number of ether oxygens (including phenoxy) is 3. The van der Waals surface area contributed by atoms with E-state index in [1.807, 2.05) is 55.1 Å². The van der Waals surface area contributed by atoms with E-state index in [0.29, 0.717) is 35.6 Å². The Balaban J connectivity index is 0.000000732. The minimum absolute atomic E-state index is 0.122. The molecule has 0 atom stereocenters. The van der Waals surface area contributed by atoms with E-state index in [2.05, 4.69) is 34.6 Å². The number of pyridine rings is 1. The molecule has 3 heterocycles. The van der Waals surface area contributed by atoms with E-state index in [1.165, 1.54) is 11.9 Å². The number of nitrogens with zero attached hydrogens (tertiary/aromatic N) is 6. The molecule has 11 nitrogen and oxygen atoms in total. The van der Waals surface area contributed by atoms with Gasteiger partial charge in [-0.05, 0) is 55.1 Å². The molecule has 4 aromatic rings. The first-order valence-corrected chi connectivity index (χ1v) is 12.8. The minimum atomic E-state index is 0.122. The van der Waals surface area contributed by atoms with Gasteiger partial charge in [-0.3, -0.25) is 14.3 Å². The zero-order valence-corrected chi connectivity index (χ0v) is 23.0. The van der Waals surface area contributed by atoms with Gasteiger partial charge >= 0.3 is 0 Å². The lowest BCUT2D eigenvalue weighted by molar-refractivity contribution is 0.135. The predicted octanol–water partition coefficient (Wildman–Crippen LogP) is 3.68. The second kappa shape index (κ2) is 14.9. The van der Waals surface area contributed by atoms with Gasteiger partial charge in [0.2, 0.25) is 5.95 Å². The SMILES string of the molecule is COCCO.COc1cccc(OC)c1-n1c(NSCCc2ncc(C)cn2)nnc1-c1cncc(C)c1. The molecule has 202 valence electrons. The maximum Gasteiger partial charge on any atom is 0.239 e. The van der Waals surface area contributed by atoms with Crippen LogP contribution in [0.3, 0.4) is 0 Å². The highest BCUT2D eigenvalue weighted by Crippen LogP contribution is 2.37. The number of hydrogen-bond acceptors (Lipinski definition) is 11. The highest BCUT2D eigenvalue weighted by molar-refractivity contribution is 8.00. The Morgan fingerprint density at radius 3 is 2.24 bits per heavy atom. The second-order valence-electron chi connectivity index (χ2n) is 8.04. The van der Waals surface area contributed by atoms with E-state index in [-0.39, 0.29) is 6.61 Å². The summed E-state index contributed by atoms with van der Waals surface area (Å²) in [6.45, 7) is 4.53. The van der Waals surface area contributed by atoms with Crippen molar-refractivity contribution in [3.63, 3.8) is 0 Å². The standard InChI is InChI=1S/C23H25N7O2S.C3H8O2/c1-15-10-17(14-24-11-15)22-27-28-23(29-33-9-8-20-25-12-16(2)13-26-20)30(22)21-18(31-3)6-5-7-19(21)32-4;1-5-3-2-4/h5-7,10-14H,8-9H2,1-4H3,(H,28,29);4H,2-3H2,1H3. The van der Waals surface area contributed by atoms with Crippen LogP contribution in [0.15, 0.2) is 49.1 Å². The van der Waals surface area contributed by atoms with Crippen molar-refractivity contribution >= 4 is 17.9 Å². The molecule has 2 N–H and O–H groups in total. The molecule has 0 fully saturated rings. The van der Waals surface area contributed by atoms with Crippen molar-refractivity contribution in [3.05, 3.63) is 66.0 Å². The number of methoxy groups -OCH3 is 3. The van der Waals surface area contributed by atoms with Crippen molar-refractivity contribution in [2.24, 2.45) is 0 Å². The molecular formula is C26H33N7O4S. The fourth-order valence-corrected chi connectivity index (χ4v) is 4.02. The van der Waals surface area contributed by atoms with Crippen LogP contribution in [0.5, 0.6) is 11.5 Å². The normalized spacial score (nSPS) is 10.5. The van der Waals surface area contributed by atoms with Crippen molar-refractivity contribution < 1.29 is 19.3 Å². The maximum absolute atomic E-state index is 7.94. The van der Waals surface area contributed by atoms with Crippen LogP contribution in [0.1, 0.15) is 17.0 Å². The summed E-state index contributed by atoms with van der Waals surface area (Å²) in [7, 11) is 4.80. The Kier molecular flexibility index (Phi) is 11.3. The highest BCUT2D eigenvalue weighted by Gasteiger charge is 2.22. The van der Waals surface area contributed by atoms with Gasteiger partial charge < -0.3 is 19.3 Å². The van der Waals surface area contributed by atoms with Gasteiger partial charge in [-0.2, -0.15) is 0 Å². The number of aromatic nitrogens is 6. The number of aliphatic hydroxyl groups excluding tert-OH is 1. The number of nitrogens with one attached hydrogen (secondary N) is 1. The molecule has 0 saturated carbocycles. The number of anilines is 1. The maximum atomic E-state index is 7.94. The first kappa shape index (κ1) is 28.8. The van der Waals surface area contributed by atoms with E-state index in [4.69, 9.17) is 14.6 Å². The topological polar surface area (TPSA) is 129 Å². The summed E-state index contributed by atoms with van der Waals surface area (Å²) in [4.78, 5) is 13.0. The Bertz CT molecular complexity index is 1260. The Morgan fingerprint density at radius 2 is 1.66 bits per heavy atom. The molecule has 3 aromatic heterocycles. The van der Waals surface area contributed by atoms with Crippen LogP contribution in [0, 0.1) is 13.8 Å². The van der Waals surface area contributed by atoms with Crippen LogP contribution in [-0.4, -0.2) is 75.1 Å². The van der Waals surface area contributed by atoms with Gasteiger partial charge in [-0.15, -0.1) is 10.2 Å². The highest BCUT2D eigenvalue weighted by atomic mass is 32.2. The molecular weight excluding hydrogens is 506 g/mol. The zero-order valence-electron chi connectivity index (χ0n) is 22.2. The molecule has 0 aliphatic rings. The molecule has 0 radical (unpaired) electrons. The number of aryl methyl sites for hydroxylation is 3. The quantitative estimate of drug-likeness (QED) is 0.214. The summed E-state index contributed by atoms with van der Waals surface area (Å²) in [5, 5.41) is 16.8. The third-order valence-electron chi connectivity index (χ3n) is 5.14. The predicted molar refractivity (Wildman–Crippen MR) is 148 cm³/mol. The number of hydrogen-bond donors (Lipinski definition) is 2. The number of aliphatic hydroxyl groups is 1. The van der Waals surface area contributed by atoms with Gasteiger partial charge in [-0.25, -0.2) is 9.97 Å². The van der Waals surface area contributed by atoms with Crippen molar-refractivity contribution in [1.82, 2.24) is 29.7 Å². The second-order valence-corrected chi connectivity index (χ2v) is 8.94. The zero-order chi connectivity index (χ0) is 27.3. The molecule has 1 aromatic carbocycles. The third-order valence-corrected chi connectivity index (χ3v) is 5.88. The molecule has 0 spiro atoms. The number of benzene rings is 1. The van der Waals surface area contributed by atoms with Crippen molar-refractivity contribution in [1.29, 1.82) is 0 Å². The van der Waals surface area contributed by atoms with Crippen LogP contribution in [0.4, 0.5) is 5.95 Å². The van der Waals surface area contributed by atoms with Crippen molar-refractivity contribution in [3.8, 4) is 28.6 Å². The number of rotatable bonds is 11. The Morgan fingerprint density at radius 1 is 0.947 bits per heavy atom. The van der Waals surface area contributed by atoms with Gasteiger partial charge in [0.05, 0.1) is 27.4 Å². The van der Waals surface area contributed by atoms with Gasteiger partial charge in [0.15, 0.2) is 5.82 Å². The summed E-state index contributed by atoms with van der Waals surface area (Å²) in [6, 6.07) is 7.65. The van der Waals surface area contributed by atoms with Crippen LogP contribution >= 0.6 is 11.9 Å². The summed E-state index contributed by atoms with van der Waals surface area (Å²) < 4.78 is 21.0. The smallest absolute Gasteiger partial charge is 0.239 e. The van der Waals surface area contributed by atoms with Gasteiger partial charge in [0.1, 0.15) is 23.0 Å². The molecule has 12 heteroatoms. The lowest BCUT2D eigenvalue weighted by Gasteiger charge is -2.17. The lowest BCUT2D eigenvalue weighted by atomic mass is 10.2. The van der Waals surface area contributed by atoms with Crippen molar-refractivity contribution in [2.45, 2.75) is 20.3 Å². The lowest BCUT2D eigenvalue weighted by Crippen LogP contribution is -2.07. The summed E-state index contributed by atoms with van der Waals surface area (Å²) in [5.41, 5.74) is 3.60. The Hall–Kier alpha value is -3.74. The number of para-hydroxylation sites is 1. The van der Waals surface area contributed by atoms with E-state index < -0.39 is 0 Å². The summed E-state index contributed by atoms with van der Waals surface area (Å²) in [6.07, 6.45) is 7.94. The van der Waals surface area contributed by atoms with E-state index in [0.717, 1.165) is 34.7 Å². The van der Waals surface area contributed by atoms with E-state index >= 15 is 0 Å².